The summed E-state index contributed by atoms with van der Waals surface area (Å²) in [5.74, 6) is 0.0523. The van der Waals surface area contributed by atoms with E-state index in [1.54, 1.807) is 13.8 Å². The van der Waals surface area contributed by atoms with Gasteiger partial charge in [-0.25, -0.2) is 9.97 Å². The zero-order chi connectivity index (χ0) is 12.3. The molecule has 0 spiro atoms. The third-order valence-corrected chi connectivity index (χ3v) is 2.15. The van der Waals surface area contributed by atoms with Gasteiger partial charge in [0.1, 0.15) is 6.54 Å². The predicted octanol–water partition coefficient (Wildman–Crippen LogP) is 2.91. The van der Waals surface area contributed by atoms with Gasteiger partial charge in [0.15, 0.2) is 11.0 Å². The van der Waals surface area contributed by atoms with Crippen LogP contribution in [0.25, 0.3) is 0 Å². The molecule has 0 radical (unpaired) electrons. The van der Waals surface area contributed by atoms with E-state index in [2.05, 4.69) is 9.97 Å². The first-order chi connectivity index (χ1) is 7.31. The number of rotatable bonds is 3. The van der Waals surface area contributed by atoms with Gasteiger partial charge < -0.3 is 4.90 Å². The molecule has 0 aliphatic heterocycles. The molecule has 0 N–H and O–H groups in total. The van der Waals surface area contributed by atoms with Gasteiger partial charge in [0.05, 0.1) is 0 Å². The molecule has 0 atom stereocenters. The summed E-state index contributed by atoms with van der Waals surface area (Å²) >= 11 is 5.71. The summed E-state index contributed by atoms with van der Waals surface area (Å²) in [6, 6.07) is -0.365. The van der Waals surface area contributed by atoms with Crippen LogP contribution in [-0.2, 0) is 0 Å². The van der Waals surface area contributed by atoms with Crippen LogP contribution in [0.15, 0.2) is 12.4 Å². The first-order valence-electron chi connectivity index (χ1n) is 4.61. The Bertz CT molecular complexity index is 354. The maximum atomic E-state index is 12.4. The molecular formula is C9H11ClF3N3. The fourth-order valence-electron chi connectivity index (χ4n) is 1.20. The molecule has 0 aromatic carbocycles. The van der Waals surface area contributed by atoms with Gasteiger partial charge in [-0.15, -0.1) is 0 Å². The molecule has 0 saturated heterocycles. The molecule has 3 nitrogen and oxygen atoms in total. The molecule has 0 saturated carbocycles. The van der Waals surface area contributed by atoms with Gasteiger partial charge in [-0.1, -0.05) is 11.6 Å². The summed E-state index contributed by atoms with van der Waals surface area (Å²) < 4.78 is 37.1. The Morgan fingerprint density at radius 2 is 1.88 bits per heavy atom. The summed E-state index contributed by atoms with van der Waals surface area (Å²) in [6.45, 7) is 2.18. The van der Waals surface area contributed by atoms with Crippen LogP contribution in [0.1, 0.15) is 13.8 Å². The van der Waals surface area contributed by atoms with E-state index in [1.165, 1.54) is 12.4 Å². The lowest BCUT2D eigenvalue weighted by Crippen LogP contribution is -2.39. The minimum absolute atomic E-state index is 0.0274. The molecule has 90 valence electrons. The zero-order valence-electron chi connectivity index (χ0n) is 8.79. The molecule has 7 heteroatoms. The number of halogens is 4. The molecule has 1 rings (SSSR count). The molecule has 0 unspecified atom stereocenters. The summed E-state index contributed by atoms with van der Waals surface area (Å²) in [5.41, 5.74) is 0. The average Bonchev–Trinajstić information content (AvgIpc) is 2.13. The summed E-state index contributed by atoms with van der Waals surface area (Å²) in [6.07, 6.45) is -1.66. The number of hydrogen-bond donors (Lipinski definition) is 0. The van der Waals surface area contributed by atoms with E-state index in [9.17, 15) is 13.2 Å². The van der Waals surface area contributed by atoms with Crippen molar-refractivity contribution in [3.63, 3.8) is 0 Å². The molecule has 0 aliphatic carbocycles. The minimum Gasteiger partial charge on any atom is -0.343 e. The Hall–Kier alpha value is -1.04. The Kier molecular flexibility index (Phi) is 3.96. The van der Waals surface area contributed by atoms with Crippen LogP contribution < -0.4 is 4.90 Å². The first-order valence-corrected chi connectivity index (χ1v) is 4.99. The molecular weight excluding hydrogens is 243 g/mol. The van der Waals surface area contributed by atoms with E-state index in [0.717, 1.165) is 4.90 Å². The molecule has 1 aromatic rings. The number of hydrogen-bond acceptors (Lipinski definition) is 3. The highest BCUT2D eigenvalue weighted by Crippen LogP contribution is 2.26. The molecule has 0 amide bonds. The smallest absolute Gasteiger partial charge is 0.343 e. The lowest BCUT2D eigenvalue weighted by molar-refractivity contribution is -0.120. The van der Waals surface area contributed by atoms with Gasteiger partial charge in [0, 0.05) is 18.4 Å². The molecule has 0 aliphatic rings. The largest absolute Gasteiger partial charge is 0.405 e. The van der Waals surface area contributed by atoms with Crippen LogP contribution in [0, 0.1) is 0 Å². The molecule has 16 heavy (non-hydrogen) atoms. The van der Waals surface area contributed by atoms with E-state index < -0.39 is 12.7 Å². The van der Waals surface area contributed by atoms with E-state index >= 15 is 0 Å². The van der Waals surface area contributed by atoms with Crippen molar-refractivity contribution in [3.05, 3.63) is 17.5 Å². The van der Waals surface area contributed by atoms with Crippen LogP contribution in [0.4, 0.5) is 19.0 Å². The van der Waals surface area contributed by atoms with E-state index in [4.69, 9.17) is 11.6 Å². The van der Waals surface area contributed by atoms with Crippen LogP contribution in [0.2, 0.25) is 5.15 Å². The van der Waals surface area contributed by atoms with E-state index in [1.807, 2.05) is 0 Å². The van der Waals surface area contributed by atoms with Crippen molar-refractivity contribution in [3.8, 4) is 0 Å². The fourth-order valence-corrected chi connectivity index (χ4v) is 1.42. The average molecular weight is 254 g/mol. The van der Waals surface area contributed by atoms with Gasteiger partial charge in [-0.2, -0.15) is 13.2 Å². The van der Waals surface area contributed by atoms with E-state index in [-0.39, 0.29) is 17.0 Å². The van der Waals surface area contributed by atoms with Crippen molar-refractivity contribution in [2.75, 3.05) is 11.4 Å². The normalized spacial score (nSPS) is 11.9. The van der Waals surface area contributed by atoms with Crippen molar-refractivity contribution >= 4 is 17.4 Å². The fraction of sp³-hybridized carbons (Fsp3) is 0.556. The third-order valence-electron chi connectivity index (χ3n) is 1.88. The lowest BCUT2D eigenvalue weighted by atomic mass is 10.3. The second-order valence-electron chi connectivity index (χ2n) is 3.51. The minimum atomic E-state index is -4.30. The number of nitrogens with zero attached hydrogens (tertiary/aromatic N) is 3. The SMILES string of the molecule is CC(C)N(CC(F)(F)F)c1nccnc1Cl. The summed E-state index contributed by atoms with van der Waals surface area (Å²) in [7, 11) is 0. The maximum Gasteiger partial charge on any atom is 0.405 e. The Labute approximate surface area is 96.3 Å². The molecule has 0 fully saturated rings. The topological polar surface area (TPSA) is 29.0 Å². The van der Waals surface area contributed by atoms with Crippen LogP contribution in [-0.4, -0.2) is 28.7 Å². The van der Waals surface area contributed by atoms with Crippen LogP contribution in [0.3, 0.4) is 0 Å². The van der Waals surface area contributed by atoms with Crippen molar-refractivity contribution in [2.45, 2.75) is 26.1 Å². The van der Waals surface area contributed by atoms with Crippen molar-refractivity contribution < 1.29 is 13.2 Å². The van der Waals surface area contributed by atoms with Crippen molar-refractivity contribution in [2.24, 2.45) is 0 Å². The van der Waals surface area contributed by atoms with Crippen molar-refractivity contribution in [1.82, 2.24) is 9.97 Å². The molecule has 1 heterocycles. The Morgan fingerprint density at radius 1 is 1.31 bits per heavy atom. The molecule has 0 bridgehead atoms. The quantitative estimate of drug-likeness (QED) is 0.829. The summed E-state index contributed by atoms with van der Waals surface area (Å²) in [5, 5.41) is -0.0274. The summed E-state index contributed by atoms with van der Waals surface area (Å²) in [4.78, 5) is 8.59. The highest BCUT2D eigenvalue weighted by atomic mass is 35.5. The van der Waals surface area contributed by atoms with Crippen molar-refractivity contribution in [1.29, 1.82) is 0 Å². The second-order valence-corrected chi connectivity index (χ2v) is 3.87. The Morgan fingerprint density at radius 3 is 2.31 bits per heavy atom. The monoisotopic (exact) mass is 253 g/mol. The predicted molar refractivity (Wildman–Crippen MR) is 55.6 cm³/mol. The third kappa shape index (κ3) is 3.52. The van der Waals surface area contributed by atoms with Gasteiger partial charge >= 0.3 is 6.18 Å². The van der Waals surface area contributed by atoms with Crippen LogP contribution in [0.5, 0.6) is 0 Å². The Balaban J connectivity index is 2.99. The zero-order valence-corrected chi connectivity index (χ0v) is 9.55. The van der Waals surface area contributed by atoms with Gasteiger partial charge in [0.2, 0.25) is 0 Å². The van der Waals surface area contributed by atoms with Gasteiger partial charge in [-0.05, 0) is 13.8 Å². The second kappa shape index (κ2) is 4.86. The lowest BCUT2D eigenvalue weighted by Gasteiger charge is -2.28. The highest BCUT2D eigenvalue weighted by molar-refractivity contribution is 6.31. The number of anilines is 1. The van der Waals surface area contributed by atoms with Gasteiger partial charge in [0.25, 0.3) is 0 Å². The number of aromatic nitrogens is 2. The molecule has 1 aromatic heterocycles. The van der Waals surface area contributed by atoms with Gasteiger partial charge in [-0.3, -0.25) is 0 Å². The van der Waals surface area contributed by atoms with E-state index in [0.29, 0.717) is 0 Å². The first kappa shape index (κ1) is 13.0. The standard InChI is InChI=1S/C9H11ClF3N3/c1-6(2)16(5-9(11,12)13)8-7(10)14-3-4-15-8/h3-4,6H,5H2,1-2H3. The maximum absolute atomic E-state index is 12.4. The highest BCUT2D eigenvalue weighted by Gasteiger charge is 2.33. The number of alkyl halides is 3. The van der Waals surface area contributed by atoms with Crippen LogP contribution >= 0.6 is 11.6 Å².